The Balaban J connectivity index is 1.85. The topological polar surface area (TPSA) is 50.4 Å². The van der Waals surface area contributed by atoms with Crippen molar-refractivity contribution in [2.75, 3.05) is 12.4 Å². The summed E-state index contributed by atoms with van der Waals surface area (Å²) in [6, 6.07) is 14.9. The van der Waals surface area contributed by atoms with Gasteiger partial charge < -0.3 is 15.4 Å². The van der Waals surface area contributed by atoms with E-state index in [-0.39, 0.29) is 6.03 Å². The molecule has 0 heterocycles. The summed E-state index contributed by atoms with van der Waals surface area (Å²) >= 11 is 0. The highest BCUT2D eigenvalue weighted by Gasteiger charge is 1.98. The number of rotatable bonds is 4. The van der Waals surface area contributed by atoms with E-state index < -0.39 is 0 Å². The highest BCUT2D eigenvalue weighted by atomic mass is 16.5. The molecule has 4 heteroatoms. The second-order valence-electron chi connectivity index (χ2n) is 4.57. The number of hydrogen-bond donors (Lipinski definition) is 2. The second kappa shape index (κ2) is 7.14. The largest absolute Gasteiger partial charge is 0.497 e. The Bertz CT molecular complexity index is 616. The minimum Gasteiger partial charge on any atom is -0.497 e. The number of ether oxygens (including phenoxy) is 1. The number of hydrogen-bond acceptors (Lipinski definition) is 2. The van der Waals surface area contributed by atoms with Gasteiger partial charge in [0.05, 0.1) is 7.11 Å². The molecular weight excluding hydrogens is 264 g/mol. The Labute approximate surface area is 124 Å². The first kappa shape index (κ1) is 14.7. The third kappa shape index (κ3) is 4.69. The molecular formula is C17H18N2O2. The molecule has 0 aromatic heterocycles. The van der Waals surface area contributed by atoms with Gasteiger partial charge in [-0.3, -0.25) is 0 Å². The summed E-state index contributed by atoms with van der Waals surface area (Å²) in [7, 11) is 1.63. The maximum absolute atomic E-state index is 11.7. The van der Waals surface area contributed by atoms with Gasteiger partial charge in [0.25, 0.3) is 0 Å². The number of amides is 2. The molecule has 108 valence electrons. The van der Waals surface area contributed by atoms with Gasteiger partial charge in [-0.05, 0) is 42.8 Å². The van der Waals surface area contributed by atoms with Gasteiger partial charge in [0.15, 0.2) is 0 Å². The van der Waals surface area contributed by atoms with Gasteiger partial charge in [0.2, 0.25) is 0 Å². The van der Waals surface area contributed by atoms with Crippen LogP contribution in [0.2, 0.25) is 0 Å². The Morgan fingerprint density at radius 2 is 1.71 bits per heavy atom. The molecule has 0 aliphatic rings. The van der Waals surface area contributed by atoms with Crippen LogP contribution in [0.3, 0.4) is 0 Å². The first-order valence-corrected chi connectivity index (χ1v) is 6.62. The van der Waals surface area contributed by atoms with Crippen molar-refractivity contribution in [2.24, 2.45) is 0 Å². The fourth-order valence-electron chi connectivity index (χ4n) is 1.73. The summed E-state index contributed by atoms with van der Waals surface area (Å²) in [5, 5.41) is 5.41. The molecule has 0 aliphatic heterocycles. The van der Waals surface area contributed by atoms with Crippen molar-refractivity contribution in [3.63, 3.8) is 0 Å². The average molecular weight is 282 g/mol. The Morgan fingerprint density at radius 1 is 1.05 bits per heavy atom. The van der Waals surface area contributed by atoms with Crippen LogP contribution in [0.5, 0.6) is 5.75 Å². The molecule has 2 amide bonds. The van der Waals surface area contributed by atoms with E-state index in [9.17, 15) is 4.79 Å². The first-order chi connectivity index (χ1) is 10.2. The van der Waals surface area contributed by atoms with Crippen LogP contribution in [0.15, 0.2) is 54.7 Å². The molecule has 0 fully saturated rings. The quantitative estimate of drug-likeness (QED) is 0.896. The van der Waals surface area contributed by atoms with E-state index in [2.05, 4.69) is 10.6 Å². The van der Waals surface area contributed by atoms with Gasteiger partial charge in [-0.2, -0.15) is 0 Å². The minimum absolute atomic E-state index is 0.274. The zero-order valence-corrected chi connectivity index (χ0v) is 12.1. The summed E-state index contributed by atoms with van der Waals surface area (Å²) in [6.07, 6.45) is 3.42. The molecule has 2 aromatic rings. The van der Waals surface area contributed by atoms with Crippen molar-refractivity contribution in [1.82, 2.24) is 5.32 Å². The third-order valence-electron chi connectivity index (χ3n) is 2.92. The molecule has 0 spiro atoms. The van der Waals surface area contributed by atoms with Crippen LogP contribution in [0.25, 0.3) is 6.08 Å². The molecule has 2 aromatic carbocycles. The summed E-state index contributed by atoms with van der Waals surface area (Å²) in [5.41, 5.74) is 2.89. The van der Waals surface area contributed by atoms with Crippen LogP contribution < -0.4 is 15.4 Å². The Hall–Kier alpha value is -2.75. The summed E-state index contributed by atoms with van der Waals surface area (Å²) in [5.74, 6) is 0.803. The fourth-order valence-corrected chi connectivity index (χ4v) is 1.73. The van der Waals surface area contributed by atoms with Gasteiger partial charge >= 0.3 is 6.03 Å². The summed E-state index contributed by atoms with van der Waals surface area (Å²) < 4.78 is 5.08. The smallest absolute Gasteiger partial charge is 0.323 e. The van der Waals surface area contributed by atoms with Crippen LogP contribution >= 0.6 is 0 Å². The molecule has 0 saturated carbocycles. The highest BCUT2D eigenvalue weighted by molar-refractivity contribution is 5.90. The number of nitrogens with one attached hydrogen (secondary N) is 2. The molecule has 21 heavy (non-hydrogen) atoms. The molecule has 0 saturated heterocycles. The Morgan fingerprint density at radius 3 is 2.33 bits per heavy atom. The lowest BCUT2D eigenvalue weighted by Crippen LogP contribution is -2.23. The van der Waals surface area contributed by atoms with Crippen LogP contribution in [0.1, 0.15) is 11.1 Å². The highest BCUT2D eigenvalue weighted by Crippen LogP contribution is 2.12. The van der Waals surface area contributed by atoms with Gasteiger partial charge in [0.1, 0.15) is 5.75 Å². The number of methoxy groups -OCH3 is 1. The zero-order chi connectivity index (χ0) is 15.1. The summed E-state index contributed by atoms with van der Waals surface area (Å²) in [4.78, 5) is 11.7. The molecule has 0 aliphatic carbocycles. The molecule has 0 bridgehead atoms. The predicted octanol–water partition coefficient (Wildman–Crippen LogP) is 3.80. The molecule has 2 N–H and O–H groups in total. The fraction of sp³-hybridized carbons (Fsp3) is 0.118. The van der Waals surface area contributed by atoms with Crippen LogP contribution in [-0.2, 0) is 0 Å². The van der Waals surface area contributed by atoms with Crippen molar-refractivity contribution in [3.8, 4) is 5.75 Å². The number of aryl methyl sites for hydroxylation is 1. The third-order valence-corrected chi connectivity index (χ3v) is 2.92. The maximum Gasteiger partial charge on any atom is 0.323 e. The van der Waals surface area contributed by atoms with Gasteiger partial charge in [-0.15, -0.1) is 0 Å². The second-order valence-corrected chi connectivity index (χ2v) is 4.57. The van der Waals surface area contributed by atoms with E-state index in [1.165, 1.54) is 0 Å². The minimum atomic E-state index is -0.274. The van der Waals surface area contributed by atoms with Crippen LogP contribution in [0.4, 0.5) is 10.5 Å². The first-order valence-electron chi connectivity index (χ1n) is 6.62. The van der Waals surface area contributed by atoms with Crippen molar-refractivity contribution in [3.05, 3.63) is 65.9 Å². The molecule has 2 rings (SSSR count). The maximum atomic E-state index is 11.7. The van der Waals surface area contributed by atoms with Crippen molar-refractivity contribution in [1.29, 1.82) is 0 Å². The number of carbonyl (C=O) groups excluding carboxylic acids is 1. The SMILES string of the molecule is COc1ccc(/C=C/NC(=O)Nc2ccc(C)cc2)cc1. The Kier molecular flexibility index (Phi) is 4.99. The lowest BCUT2D eigenvalue weighted by atomic mass is 10.2. The number of anilines is 1. The lowest BCUT2D eigenvalue weighted by Gasteiger charge is -2.04. The van der Waals surface area contributed by atoms with Crippen molar-refractivity contribution >= 4 is 17.8 Å². The van der Waals surface area contributed by atoms with Crippen LogP contribution in [0, 0.1) is 6.92 Å². The van der Waals surface area contributed by atoms with Crippen molar-refractivity contribution in [2.45, 2.75) is 6.92 Å². The molecule has 0 radical (unpaired) electrons. The van der Waals surface area contributed by atoms with Crippen molar-refractivity contribution < 1.29 is 9.53 Å². The monoisotopic (exact) mass is 282 g/mol. The lowest BCUT2D eigenvalue weighted by molar-refractivity contribution is 0.255. The van der Waals surface area contributed by atoms with E-state index in [0.717, 1.165) is 22.6 Å². The number of urea groups is 1. The van der Waals surface area contributed by atoms with E-state index in [4.69, 9.17) is 4.74 Å². The van der Waals surface area contributed by atoms with Gasteiger partial charge in [-0.25, -0.2) is 4.79 Å². The number of carbonyl (C=O) groups is 1. The standard InChI is InChI=1S/C17H18N2O2/c1-13-3-7-15(8-4-13)19-17(20)18-12-11-14-5-9-16(21-2)10-6-14/h3-12H,1-2H3,(H2,18,19,20)/b12-11+. The molecule has 0 unspecified atom stereocenters. The van der Waals surface area contributed by atoms with Crippen LogP contribution in [-0.4, -0.2) is 13.1 Å². The zero-order valence-electron chi connectivity index (χ0n) is 12.1. The molecule has 4 nitrogen and oxygen atoms in total. The normalized spacial score (nSPS) is 10.4. The van der Waals surface area contributed by atoms with Gasteiger partial charge in [-0.1, -0.05) is 29.8 Å². The molecule has 0 atom stereocenters. The average Bonchev–Trinajstić information content (AvgIpc) is 2.50. The number of benzene rings is 2. The van der Waals surface area contributed by atoms with E-state index >= 15 is 0 Å². The van der Waals surface area contributed by atoms with E-state index in [1.54, 1.807) is 13.3 Å². The summed E-state index contributed by atoms with van der Waals surface area (Å²) in [6.45, 7) is 2.00. The van der Waals surface area contributed by atoms with E-state index in [1.807, 2.05) is 61.5 Å². The predicted molar refractivity (Wildman–Crippen MR) is 85.4 cm³/mol. The van der Waals surface area contributed by atoms with E-state index in [0.29, 0.717) is 0 Å². The van der Waals surface area contributed by atoms with Gasteiger partial charge in [0, 0.05) is 11.9 Å².